The Kier molecular flexibility index (Phi) is 4.51. The van der Waals surface area contributed by atoms with Gasteiger partial charge in [-0.2, -0.15) is 0 Å². The lowest BCUT2D eigenvalue weighted by molar-refractivity contribution is 0.0952. The lowest BCUT2D eigenvalue weighted by atomic mass is 9.99. The third-order valence-corrected chi connectivity index (χ3v) is 5.43. The van der Waals surface area contributed by atoms with Crippen LogP contribution in [0.15, 0.2) is 42.7 Å². The highest BCUT2D eigenvalue weighted by Gasteiger charge is 2.28. The molecule has 26 heavy (non-hydrogen) atoms. The number of carbonyl (C=O) groups excluding carboxylic acids is 1. The second kappa shape index (κ2) is 6.96. The molecule has 3 aromatic heterocycles. The molecule has 0 spiro atoms. The third kappa shape index (κ3) is 2.90. The van der Waals surface area contributed by atoms with Crippen LogP contribution in [0.1, 0.15) is 47.2 Å². The highest BCUT2D eigenvalue weighted by Crippen LogP contribution is 2.33. The first-order valence-corrected chi connectivity index (χ1v) is 9.21. The van der Waals surface area contributed by atoms with Gasteiger partial charge in [0, 0.05) is 32.5 Å². The SMILES string of the molecule is CNC(=O)c1ccc([C@@H]2CCCCN2Cc2cnc3ccccn23)n1C. The Morgan fingerprint density at radius 1 is 1.27 bits per heavy atom. The van der Waals surface area contributed by atoms with Gasteiger partial charge in [-0.1, -0.05) is 12.5 Å². The van der Waals surface area contributed by atoms with Crippen molar-refractivity contribution < 1.29 is 4.79 Å². The Hall–Kier alpha value is -2.60. The molecule has 4 heterocycles. The first-order valence-electron chi connectivity index (χ1n) is 9.21. The monoisotopic (exact) mass is 351 g/mol. The van der Waals surface area contributed by atoms with Gasteiger partial charge in [0.15, 0.2) is 0 Å². The number of imidazole rings is 1. The van der Waals surface area contributed by atoms with E-state index in [0.29, 0.717) is 11.7 Å². The van der Waals surface area contributed by atoms with Gasteiger partial charge in [-0.3, -0.25) is 9.69 Å². The number of nitrogens with zero attached hydrogens (tertiary/aromatic N) is 4. The van der Waals surface area contributed by atoms with Crippen molar-refractivity contribution in [1.29, 1.82) is 0 Å². The third-order valence-electron chi connectivity index (χ3n) is 5.43. The van der Waals surface area contributed by atoms with Gasteiger partial charge in [-0.05, 0) is 43.7 Å². The number of hydrogen-bond acceptors (Lipinski definition) is 3. The van der Waals surface area contributed by atoms with Crippen LogP contribution in [0.3, 0.4) is 0 Å². The second-order valence-corrected chi connectivity index (χ2v) is 6.94. The van der Waals surface area contributed by atoms with E-state index in [1.165, 1.54) is 24.2 Å². The van der Waals surface area contributed by atoms with E-state index in [9.17, 15) is 4.79 Å². The predicted molar refractivity (Wildman–Crippen MR) is 101 cm³/mol. The van der Waals surface area contributed by atoms with Gasteiger partial charge in [0.1, 0.15) is 11.3 Å². The number of rotatable bonds is 4. The number of amides is 1. The molecule has 0 aliphatic carbocycles. The zero-order valence-electron chi connectivity index (χ0n) is 15.4. The number of hydrogen-bond donors (Lipinski definition) is 1. The van der Waals surface area contributed by atoms with Crippen molar-refractivity contribution >= 4 is 11.6 Å². The Morgan fingerprint density at radius 3 is 3.00 bits per heavy atom. The largest absolute Gasteiger partial charge is 0.354 e. The number of likely N-dealkylation sites (tertiary alicyclic amines) is 1. The Morgan fingerprint density at radius 2 is 2.15 bits per heavy atom. The van der Waals surface area contributed by atoms with Gasteiger partial charge in [0.25, 0.3) is 5.91 Å². The summed E-state index contributed by atoms with van der Waals surface area (Å²) in [5.41, 5.74) is 4.10. The summed E-state index contributed by atoms with van der Waals surface area (Å²) in [6.45, 7) is 1.92. The van der Waals surface area contributed by atoms with Crippen molar-refractivity contribution in [2.75, 3.05) is 13.6 Å². The molecular formula is C20H25N5O. The van der Waals surface area contributed by atoms with E-state index in [-0.39, 0.29) is 5.91 Å². The lowest BCUT2D eigenvalue weighted by Crippen LogP contribution is -2.34. The first-order chi connectivity index (χ1) is 12.7. The van der Waals surface area contributed by atoms with Crippen LogP contribution in [-0.2, 0) is 13.6 Å². The van der Waals surface area contributed by atoms with Crippen LogP contribution in [0.2, 0.25) is 0 Å². The Labute approximate surface area is 153 Å². The molecular weight excluding hydrogens is 326 g/mol. The molecule has 0 unspecified atom stereocenters. The van der Waals surface area contributed by atoms with Crippen molar-refractivity contribution in [3.8, 4) is 0 Å². The molecule has 1 aliphatic heterocycles. The normalized spacial score (nSPS) is 18.3. The lowest BCUT2D eigenvalue weighted by Gasteiger charge is -2.36. The summed E-state index contributed by atoms with van der Waals surface area (Å²) in [4.78, 5) is 19.1. The maximum absolute atomic E-state index is 12.1. The minimum absolute atomic E-state index is 0.0390. The molecule has 0 radical (unpaired) electrons. The molecule has 3 aromatic rings. The zero-order valence-corrected chi connectivity index (χ0v) is 15.4. The molecule has 1 aliphatic rings. The van der Waals surface area contributed by atoms with Gasteiger partial charge in [-0.15, -0.1) is 0 Å². The van der Waals surface area contributed by atoms with Gasteiger partial charge in [0.2, 0.25) is 0 Å². The highest BCUT2D eigenvalue weighted by atomic mass is 16.1. The molecule has 1 amide bonds. The smallest absolute Gasteiger partial charge is 0.267 e. The van der Waals surface area contributed by atoms with Crippen LogP contribution in [0, 0.1) is 0 Å². The van der Waals surface area contributed by atoms with E-state index in [1.807, 2.05) is 42.1 Å². The van der Waals surface area contributed by atoms with Crippen LogP contribution < -0.4 is 5.32 Å². The topological polar surface area (TPSA) is 54.6 Å². The molecule has 0 aromatic carbocycles. The summed E-state index contributed by atoms with van der Waals surface area (Å²) in [6, 6.07) is 10.4. The van der Waals surface area contributed by atoms with Gasteiger partial charge in [-0.25, -0.2) is 4.98 Å². The first kappa shape index (κ1) is 16.8. The van der Waals surface area contributed by atoms with Gasteiger partial charge >= 0.3 is 0 Å². The van der Waals surface area contributed by atoms with Crippen molar-refractivity contribution in [3.05, 3.63) is 59.8 Å². The standard InChI is InChI=1S/C20H25N5O/c1-21-20(26)18-10-9-16(23(18)2)17-7-3-5-11-24(17)14-15-13-22-19-8-4-6-12-25(15)19/h4,6,8-10,12-13,17H,3,5,7,11,14H2,1-2H3,(H,21,26)/t17-/m0/s1. The van der Waals surface area contributed by atoms with E-state index in [0.717, 1.165) is 25.2 Å². The van der Waals surface area contributed by atoms with Crippen LogP contribution >= 0.6 is 0 Å². The maximum Gasteiger partial charge on any atom is 0.267 e. The maximum atomic E-state index is 12.1. The number of fused-ring (bicyclic) bond motifs is 1. The van der Waals surface area contributed by atoms with Crippen LogP contribution in [-0.4, -0.2) is 38.4 Å². The molecule has 1 N–H and O–H groups in total. The highest BCUT2D eigenvalue weighted by molar-refractivity contribution is 5.92. The van der Waals surface area contributed by atoms with Crippen molar-refractivity contribution in [2.24, 2.45) is 7.05 Å². The molecule has 6 heteroatoms. The Bertz CT molecular complexity index is 925. The zero-order chi connectivity index (χ0) is 18.1. The molecule has 1 atom stereocenters. The molecule has 1 saturated heterocycles. The molecule has 0 saturated carbocycles. The summed E-state index contributed by atoms with van der Waals surface area (Å²) < 4.78 is 4.20. The molecule has 0 bridgehead atoms. The van der Waals surface area contributed by atoms with E-state index >= 15 is 0 Å². The van der Waals surface area contributed by atoms with E-state index in [1.54, 1.807) is 7.05 Å². The number of aromatic nitrogens is 3. The molecule has 4 rings (SSSR count). The fourth-order valence-electron chi connectivity index (χ4n) is 4.04. The van der Waals surface area contributed by atoms with Gasteiger partial charge in [0.05, 0.1) is 17.9 Å². The summed E-state index contributed by atoms with van der Waals surface area (Å²) in [6.07, 6.45) is 7.58. The second-order valence-electron chi connectivity index (χ2n) is 6.94. The van der Waals surface area contributed by atoms with Crippen molar-refractivity contribution in [2.45, 2.75) is 31.8 Å². The minimum Gasteiger partial charge on any atom is -0.354 e. The summed E-state index contributed by atoms with van der Waals surface area (Å²) in [7, 11) is 3.66. The number of nitrogens with one attached hydrogen (secondary N) is 1. The van der Waals surface area contributed by atoms with Crippen LogP contribution in [0.4, 0.5) is 0 Å². The van der Waals surface area contributed by atoms with Crippen LogP contribution in [0.5, 0.6) is 0 Å². The molecule has 6 nitrogen and oxygen atoms in total. The number of pyridine rings is 1. The number of piperidine rings is 1. The van der Waals surface area contributed by atoms with Crippen LogP contribution in [0.25, 0.3) is 5.65 Å². The van der Waals surface area contributed by atoms with E-state index < -0.39 is 0 Å². The van der Waals surface area contributed by atoms with E-state index in [2.05, 4.69) is 31.9 Å². The van der Waals surface area contributed by atoms with Crippen molar-refractivity contribution in [1.82, 2.24) is 24.2 Å². The van der Waals surface area contributed by atoms with E-state index in [4.69, 9.17) is 0 Å². The summed E-state index contributed by atoms with van der Waals surface area (Å²) in [5.74, 6) is -0.0390. The molecule has 1 fully saturated rings. The Balaban J connectivity index is 1.63. The summed E-state index contributed by atoms with van der Waals surface area (Å²) >= 11 is 0. The van der Waals surface area contributed by atoms with Crippen molar-refractivity contribution in [3.63, 3.8) is 0 Å². The number of carbonyl (C=O) groups is 1. The fourth-order valence-corrected chi connectivity index (χ4v) is 4.04. The predicted octanol–water partition coefficient (Wildman–Crippen LogP) is 2.76. The average Bonchev–Trinajstić information content (AvgIpc) is 3.26. The average molecular weight is 351 g/mol. The molecule has 136 valence electrons. The minimum atomic E-state index is -0.0390. The van der Waals surface area contributed by atoms with Gasteiger partial charge < -0.3 is 14.3 Å². The quantitative estimate of drug-likeness (QED) is 0.786. The fraction of sp³-hybridized carbons (Fsp3) is 0.400. The summed E-state index contributed by atoms with van der Waals surface area (Å²) in [5, 5.41) is 2.72.